The van der Waals surface area contributed by atoms with Gasteiger partial charge in [0.2, 0.25) is 0 Å². The highest BCUT2D eigenvalue weighted by Gasteiger charge is 2.27. The summed E-state index contributed by atoms with van der Waals surface area (Å²) in [7, 11) is -1.70. The molecule has 1 amide bonds. The van der Waals surface area contributed by atoms with Crippen LogP contribution in [0.25, 0.3) is 0 Å². The van der Waals surface area contributed by atoms with Gasteiger partial charge in [0, 0.05) is 12.6 Å². The molecule has 0 saturated carbocycles. The lowest BCUT2D eigenvalue weighted by Gasteiger charge is -2.33. The standard InChI is InChI=1S/C13H17BFNO3/c1-9-4-2-3-7-16(9)13(17)11-8-10(14(18)19)5-6-12(11)15/h5-6,8-9,18-19H,2-4,7H2,1H3/t9-/m1/s1. The lowest BCUT2D eigenvalue weighted by atomic mass is 9.79. The summed E-state index contributed by atoms with van der Waals surface area (Å²) in [5.41, 5.74) is 0.0220. The fraction of sp³-hybridized carbons (Fsp3) is 0.462. The number of piperidine rings is 1. The number of halogens is 1. The Morgan fingerprint density at radius 1 is 1.42 bits per heavy atom. The van der Waals surface area contributed by atoms with E-state index in [9.17, 15) is 9.18 Å². The summed E-state index contributed by atoms with van der Waals surface area (Å²) in [5, 5.41) is 18.2. The lowest BCUT2D eigenvalue weighted by molar-refractivity contribution is 0.0631. The summed E-state index contributed by atoms with van der Waals surface area (Å²) in [6.07, 6.45) is 2.90. The molecule has 2 N–H and O–H groups in total. The second-order valence-corrected chi connectivity index (χ2v) is 4.96. The second-order valence-electron chi connectivity index (χ2n) is 4.96. The van der Waals surface area contributed by atoms with Gasteiger partial charge >= 0.3 is 7.12 Å². The minimum atomic E-state index is -1.70. The van der Waals surface area contributed by atoms with Crippen LogP contribution in [0, 0.1) is 5.82 Å². The zero-order valence-electron chi connectivity index (χ0n) is 10.8. The molecule has 0 bridgehead atoms. The minimum absolute atomic E-state index is 0.0864. The first-order chi connectivity index (χ1) is 9.00. The van der Waals surface area contributed by atoms with Crippen molar-refractivity contribution in [1.82, 2.24) is 4.90 Å². The van der Waals surface area contributed by atoms with Gasteiger partial charge in [-0.3, -0.25) is 4.79 Å². The molecule has 1 aliphatic heterocycles. The molecule has 19 heavy (non-hydrogen) atoms. The van der Waals surface area contributed by atoms with Crippen molar-refractivity contribution in [3.8, 4) is 0 Å². The van der Waals surface area contributed by atoms with Crippen molar-refractivity contribution < 1.29 is 19.2 Å². The molecular weight excluding hydrogens is 248 g/mol. The fourth-order valence-electron chi connectivity index (χ4n) is 2.42. The normalized spacial score (nSPS) is 19.4. The number of hydrogen-bond acceptors (Lipinski definition) is 3. The van der Waals surface area contributed by atoms with E-state index in [1.54, 1.807) is 4.90 Å². The molecule has 0 spiro atoms. The number of likely N-dealkylation sites (tertiary alicyclic amines) is 1. The molecule has 0 radical (unpaired) electrons. The smallest absolute Gasteiger partial charge is 0.423 e. The highest BCUT2D eigenvalue weighted by Crippen LogP contribution is 2.20. The van der Waals surface area contributed by atoms with Gasteiger partial charge in [0.15, 0.2) is 0 Å². The van der Waals surface area contributed by atoms with Crippen LogP contribution >= 0.6 is 0 Å². The summed E-state index contributed by atoms with van der Waals surface area (Å²) in [5.74, 6) is -1.01. The number of nitrogens with zero attached hydrogens (tertiary/aromatic N) is 1. The first-order valence-corrected chi connectivity index (χ1v) is 6.47. The monoisotopic (exact) mass is 265 g/mol. The van der Waals surface area contributed by atoms with E-state index in [0.717, 1.165) is 25.3 Å². The maximum absolute atomic E-state index is 13.8. The number of amides is 1. The number of rotatable bonds is 2. The van der Waals surface area contributed by atoms with Crippen LogP contribution in [-0.2, 0) is 0 Å². The number of carbonyl (C=O) groups excluding carboxylic acids is 1. The van der Waals surface area contributed by atoms with Crippen LogP contribution in [0.4, 0.5) is 4.39 Å². The second kappa shape index (κ2) is 5.71. The van der Waals surface area contributed by atoms with Crippen LogP contribution in [0.5, 0.6) is 0 Å². The first kappa shape index (κ1) is 14.0. The third-order valence-corrected chi connectivity index (χ3v) is 3.58. The Bertz CT molecular complexity index is 481. The Balaban J connectivity index is 2.29. The molecule has 102 valence electrons. The van der Waals surface area contributed by atoms with Gasteiger partial charge in [-0.05, 0) is 43.8 Å². The van der Waals surface area contributed by atoms with E-state index in [2.05, 4.69) is 0 Å². The topological polar surface area (TPSA) is 60.8 Å². The van der Waals surface area contributed by atoms with Crippen LogP contribution in [0.2, 0.25) is 0 Å². The summed E-state index contributed by atoms with van der Waals surface area (Å²) in [6, 6.07) is 3.65. The van der Waals surface area contributed by atoms with E-state index in [1.165, 1.54) is 12.1 Å². The lowest BCUT2D eigenvalue weighted by Crippen LogP contribution is -2.43. The van der Waals surface area contributed by atoms with Crippen LogP contribution in [-0.4, -0.2) is 40.6 Å². The molecule has 2 rings (SSSR count). The molecule has 1 heterocycles. The quantitative estimate of drug-likeness (QED) is 0.766. The Labute approximate surface area is 112 Å². The minimum Gasteiger partial charge on any atom is -0.423 e. The van der Waals surface area contributed by atoms with Gasteiger partial charge < -0.3 is 14.9 Å². The highest BCUT2D eigenvalue weighted by atomic mass is 19.1. The Morgan fingerprint density at radius 2 is 2.16 bits per heavy atom. The van der Waals surface area contributed by atoms with Gasteiger partial charge in [0.25, 0.3) is 5.91 Å². The van der Waals surface area contributed by atoms with E-state index in [1.807, 2.05) is 6.92 Å². The zero-order chi connectivity index (χ0) is 14.0. The molecule has 1 fully saturated rings. The molecule has 1 aliphatic rings. The summed E-state index contributed by atoms with van der Waals surface area (Å²) >= 11 is 0. The third kappa shape index (κ3) is 2.96. The van der Waals surface area contributed by atoms with Crippen molar-refractivity contribution in [3.05, 3.63) is 29.6 Å². The van der Waals surface area contributed by atoms with E-state index in [0.29, 0.717) is 6.54 Å². The summed E-state index contributed by atoms with van der Waals surface area (Å²) in [6.45, 7) is 2.56. The van der Waals surface area contributed by atoms with Crippen molar-refractivity contribution in [2.45, 2.75) is 32.2 Å². The molecule has 1 saturated heterocycles. The van der Waals surface area contributed by atoms with Crippen molar-refractivity contribution in [3.63, 3.8) is 0 Å². The van der Waals surface area contributed by atoms with Crippen molar-refractivity contribution in [2.75, 3.05) is 6.54 Å². The highest BCUT2D eigenvalue weighted by molar-refractivity contribution is 6.58. The van der Waals surface area contributed by atoms with Crippen LogP contribution in [0.15, 0.2) is 18.2 Å². The fourth-order valence-corrected chi connectivity index (χ4v) is 2.42. The summed E-state index contributed by atoms with van der Waals surface area (Å²) < 4.78 is 13.8. The average Bonchev–Trinajstić information content (AvgIpc) is 2.38. The van der Waals surface area contributed by atoms with Gasteiger partial charge in [-0.15, -0.1) is 0 Å². The van der Waals surface area contributed by atoms with Crippen molar-refractivity contribution in [2.24, 2.45) is 0 Å². The van der Waals surface area contributed by atoms with E-state index < -0.39 is 12.9 Å². The molecule has 0 aliphatic carbocycles. The molecule has 4 nitrogen and oxygen atoms in total. The predicted molar refractivity (Wildman–Crippen MR) is 70.6 cm³/mol. The molecule has 0 aromatic heterocycles. The van der Waals surface area contributed by atoms with Gasteiger partial charge in [-0.2, -0.15) is 0 Å². The SMILES string of the molecule is C[C@@H]1CCCCN1C(=O)c1cc(B(O)O)ccc1F. The van der Waals surface area contributed by atoms with Crippen molar-refractivity contribution >= 4 is 18.5 Å². The van der Waals surface area contributed by atoms with Crippen LogP contribution < -0.4 is 5.46 Å². The maximum atomic E-state index is 13.8. The molecule has 1 aromatic rings. The molecule has 6 heteroatoms. The average molecular weight is 265 g/mol. The van der Waals surface area contributed by atoms with E-state index in [-0.39, 0.29) is 23.0 Å². The van der Waals surface area contributed by atoms with Crippen LogP contribution in [0.3, 0.4) is 0 Å². The van der Waals surface area contributed by atoms with E-state index >= 15 is 0 Å². The van der Waals surface area contributed by atoms with Crippen molar-refractivity contribution in [1.29, 1.82) is 0 Å². The number of hydrogen-bond donors (Lipinski definition) is 2. The first-order valence-electron chi connectivity index (χ1n) is 6.47. The van der Waals surface area contributed by atoms with E-state index in [4.69, 9.17) is 10.0 Å². The molecule has 1 atom stereocenters. The van der Waals surface area contributed by atoms with Gasteiger partial charge in [-0.25, -0.2) is 4.39 Å². The number of benzene rings is 1. The molecule has 0 unspecified atom stereocenters. The van der Waals surface area contributed by atoms with Gasteiger partial charge in [-0.1, -0.05) is 6.07 Å². The Kier molecular flexibility index (Phi) is 4.22. The third-order valence-electron chi connectivity index (χ3n) is 3.58. The Morgan fingerprint density at radius 3 is 2.79 bits per heavy atom. The summed E-state index contributed by atoms with van der Waals surface area (Å²) in [4.78, 5) is 14.0. The largest absolute Gasteiger partial charge is 0.488 e. The van der Waals surface area contributed by atoms with Crippen LogP contribution in [0.1, 0.15) is 36.5 Å². The maximum Gasteiger partial charge on any atom is 0.488 e. The number of carbonyl (C=O) groups is 1. The zero-order valence-corrected chi connectivity index (χ0v) is 10.8. The molecular formula is C13H17BFNO3. The predicted octanol–water partition coefficient (Wildman–Crippen LogP) is 0.520. The molecule has 1 aromatic carbocycles. The van der Waals surface area contributed by atoms with Gasteiger partial charge in [0.05, 0.1) is 5.56 Å². The Hall–Kier alpha value is -1.40. The van der Waals surface area contributed by atoms with Gasteiger partial charge in [0.1, 0.15) is 5.82 Å².